The molecule has 1 aromatic heterocycles. The molecule has 0 spiro atoms. The Hall–Kier alpha value is -1.25. The highest BCUT2D eigenvalue weighted by atomic mass is 35.5. The number of amides is 1. The molecule has 2 aromatic rings. The molecule has 1 aromatic carbocycles. The van der Waals surface area contributed by atoms with Gasteiger partial charge in [0.25, 0.3) is 0 Å². The first-order valence-corrected chi connectivity index (χ1v) is 10.8. The minimum atomic E-state index is -3.00. The maximum atomic E-state index is 12.5. The van der Waals surface area contributed by atoms with Crippen molar-refractivity contribution in [1.82, 2.24) is 14.9 Å². The van der Waals surface area contributed by atoms with Gasteiger partial charge in [-0.25, -0.2) is 13.4 Å². The predicted octanol–water partition coefficient (Wildman–Crippen LogP) is 2.34. The molecule has 1 aliphatic rings. The van der Waals surface area contributed by atoms with Crippen molar-refractivity contribution in [3.63, 3.8) is 0 Å². The molecule has 9 heteroatoms. The van der Waals surface area contributed by atoms with Gasteiger partial charge in [-0.05, 0) is 31.5 Å². The van der Waals surface area contributed by atoms with Crippen molar-refractivity contribution in [3.8, 4) is 0 Å². The predicted molar refractivity (Wildman–Crippen MR) is 96.3 cm³/mol. The van der Waals surface area contributed by atoms with Crippen molar-refractivity contribution in [2.45, 2.75) is 24.5 Å². The fourth-order valence-electron chi connectivity index (χ4n) is 2.90. The zero-order valence-electron chi connectivity index (χ0n) is 13.2. The van der Waals surface area contributed by atoms with E-state index in [1.165, 1.54) is 11.8 Å². The number of H-pyrrole nitrogens is 1. The Morgan fingerprint density at radius 1 is 1.50 bits per heavy atom. The lowest BCUT2D eigenvalue weighted by Gasteiger charge is -2.26. The van der Waals surface area contributed by atoms with E-state index >= 15 is 0 Å². The molecule has 130 valence electrons. The molecular weight excluding hydrogens is 370 g/mol. The summed E-state index contributed by atoms with van der Waals surface area (Å²) in [6.07, 6.45) is 0.524. The zero-order chi connectivity index (χ0) is 17.3. The lowest BCUT2D eigenvalue weighted by molar-refractivity contribution is -0.129. The Bertz CT molecular complexity index is 866. The molecule has 1 amide bonds. The summed E-state index contributed by atoms with van der Waals surface area (Å²) in [5.41, 5.74) is 1.62. The van der Waals surface area contributed by atoms with Gasteiger partial charge < -0.3 is 9.88 Å². The number of halogens is 1. The molecule has 0 unspecified atom stereocenters. The number of nitrogens with zero attached hydrogens (tertiary/aromatic N) is 2. The Morgan fingerprint density at radius 2 is 2.29 bits per heavy atom. The second-order valence-electron chi connectivity index (χ2n) is 5.73. The fourth-order valence-corrected chi connectivity index (χ4v) is 5.57. The Labute approximate surface area is 149 Å². The first-order chi connectivity index (χ1) is 11.4. The maximum absolute atomic E-state index is 12.5. The van der Waals surface area contributed by atoms with Crippen LogP contribution in [0.1, 0.15) is 13.3 Å². The van der Waals surface area contributed by atoms with Crippen molar-refractivity contribution in [3.05, 3.63) is 23.2 Å². The summed E-state index contributed by atoms with van der Waals surface area (Å²) in [5, 5.41) is 1.27. The maximum Gasteiger partial charge on any atom is 0.233 e. The number of nitrogens with one attached hydrogen (secondary N) is 1. The quantitative estimate of drug-likeness (QED) is 0.796. The Morgan fingerprint density at radius 3 is 2.96 bits per heavy atom. The minimum absolute atomic E-state index is 0.0666. The molecule has 24 heavy (non-hydrogen) atoms. The van der Waals surface area contributed by atoms with Gasteiger partial charge in [0.1, 0.15) is 0 Å². The average molecular weight is 388 g/mol. The summed E-state index contributed by atoms with van der Waals surface area (Å²) in [7, 11) is -3.00. The van der Waals surface area contributed by atoms with Crippen LogP contribution in [0, 0.1) is 0 Å². The number of sulfone groups is 1. The third kappa shape index (κ3) is 3.87. The van der Waals surface area contributed by atoms with Crippen molar-refractivity contribution in [2.75, 3.05) is 23.8 Å². The number of rotatable bonds is 5. The summed E-state index contributed by atoms with van der Waals surface area (Å²) in [5.74, 6) is 0.389. The van der Waals surface area contributed by atoms with E-state index in [1.807, 2.05) is 13.0 Å². The largest absolute Gasteiger partial charge is 0.338 e. The summed E-state index contributed by atoms with van der Waals surface area (Å²) in [6.45, 7) is 2.38. The molecule has 1 atom stereocenters. The van der Waals surface area contributed by atoms with Gasteiger partial charge in [-0.1, -0.05) is 23.4 Å². The Kier molecular flexibility index (Phi) is 5.08. The van der Waals surface area contributed by atoms with Gasteiger partial charge in [-0.3, -0.25) is 4.79 Å². The van der Waals surface area contributed by atoms with Crippen LogP contribution < -0.4 is 0 Å². The molecular formula is C15H18ClN3O3S2. The van der Waals surface area contributed by atoms with E-state index in [0.717, 1.165) is 11.0 Å². The molecule has 0 saturated carbocycles. The lowest BCUT2D eigenvalue weighted by atomic mass is 10.2. The number of thioether (sulfide) groups is 1. The third-order valence-electron chi connectivity index (χ3n) is 4.06. The van der Waals surface area contributed by atoms with E-state index in [2.05, 4.69) is 9.97 Å². The molecule has 1 saturated heterocycles. The number of carbonyl (C=O) groups is 1. The number of imidazole rings is 1. The molecule has 1 N–H and O–H groups in total. The van der Waals surface area contributed by atoms with Crippen LogP contribution in [0.3, 0.4) is 0 Å². The summed E-state index contributed by atoms with van der Waals surface area (Å²) in [4.78, 5) is 21.7. The molecule has 1 aliphatic heterocycles. The number of hydrogen-bond donors (Lipinski definition) is 1. The standard InChI is InChI=1S/C15H18ClN3O3S2/c1-2-19(11-5-6-24(21,22)9-11)14(20)8-23-15-17-12-4-3-10(16)7-13(12)18-15/h3-4,7,11H,2,5-6,8-9H2,1H3,(H,17,18)/t11-/m0/s1. The highest BCUT2D eigenvalue weighted by Gasteiger charge is 2.33. The van der Waals surface area contributed by atoms with Gasteiger partial charge in [0.15, 0.2) is 15.0 Å². The molecule has 3 rings (SSSR count). The van der Waals surface area contributed by atoms with Crippen LogP contribution >= 0.6 is 23.4 Å². The van der Waals surface area contributed by atoms with Crippen LogP contribution in [-0.4, -0.2) is 59.0 Å². The van der Waals surface area contributed by atoms with Gasteiger partial charge in [-0.15, -0.1) is 0 Å². The van der Waals surface area contributed by atoms with Gasteiger partial charge in [0, 0.05) is 17.6 Å². The number of aromatic amines is 1. The first kappa shape index (κ1) is 17.6. The SMILES string of the molecule is CCN(C(=O)CSc1nc2ccc(Cl)cc2[nH]1)[C@H]1CCS(=O)(=O)C1. The van der Waals surface area contributed by atoms with Crippen LogP contribution in [0.15, 0.2) is 23.4 Å². The van der Waals surface area contributed by atoms with E-state index in [0.29, 0.717) is 23.1 Å². The van der Waals surface area contributed by atoms with Crippen LogP contribution in [0.5, 0.6) is 0 Å². The summed E-state index contributed by atoms with van der Waals surface area (Å²) >= 11 is 7.26. The van der Waals surface area contributed by atoms with Gasteiger partial charge in [0.2, 0.25) is 5.91 Å². The second-order valence-corrected chi connectivity index (χ2v) is 9.36. The van der Waals surface area contributed by atoms with E-state index in [9.17, 15) is 13.2 Å². The van der Waals surface area contributed by atoms with Crippen molar-refractivity contribution >= 4 is 50.1 Å². The number of fused-ring (bicyclic) bond motifs is 1. The van der Waals surface area contributed by atoms with Crippen molar-refractivity contribution in [1.29, 1.82) is 0 Å². The van der Waals surface area contributed by atoms with Gasteiger partial charge >= 0.3 is 0 Å². The van der Waals surface area contributed by atoms with E-state index < -0.39 is 9.84 Å². The van der Waals surface area contributed by atoms with Gasteiger partial charge in [0.05, 0.1) is 28.3 Å². The minimum Gasteiger partial charge on any atom is -0.338 e. The first-order valence-electron chi connectivity index (χ1n) is 7.66. The summed E-state index contributed by atoms with van der Waals surface area (Å²) in [6, 6.07) is 5.17. The number of hydrogen-bond acceptors (Lipinski definition) is 5. The number of benzene rings is 1. The molecule has 0 radical (unpaired) electrons. The third-order valence-corrected chi connectivity index (χ3v) is 6.91. The highest BCUT2D eigenvalue weighted by molar-refractivity contribution is 7.99. The average Bonchev–Trinajstić information content (AvgIpc) is 3.08. The second kappa shape index (κ2) is 6.93. The number of carbonyl (C=O) groups excluding carboxylic acids is 1. The molecule has 6 nitrogen and oxygen atoms in total. The zero-order valence-corrected chi connectivity index (χ0v) is 15.5. The van der Waals surface area contributed by atoms with Crippen LogP contribution in [0.2, 0.25) is 5.02 Å². The van der Waals surface area contributed by atoms with Gasteiger partial charge in [-0.2, -0.15) is 0 Å². The highest BCUT2D eigenvalue weighted by Crippen LogP contribution is 2.24. The van der Waals surface area contributed by atoms with Crippen molar-refractivity contribution in [2.24, 2.45) is 0 Å². The topological polar surface area (TPSA) is 83.1 Å². The monoisotopic (exact) mass is 387 g/mol. The van der Waals surface area contributed by atoms with Crippen LogP contribution in [0.25, 0.3) is 11.0 Å². The van der Waals surface area contributed by atoms with E-state index in [-0.39, 0.29) is 29.2 Å². The molecule has 1 fully saturated rings. The van der Waals surface area contributed by atoms with Crippen LogP contribution in [-0.2, 0) is 14.6 Å². The van der Waals surface area contributed by atoms with Crippen LogP contribution in [0.4, 0.5) is 0 Å². The smallest absolute Gasteiger partial charge is 0.233 e. The van der Waals surface area contributed by atoms with Crippen molar-refractivity contribution < 1.29 is 13.2 Å². The fraction of sp³-hybridized carbons (Fsp3) is 0.467. The van der Waals surface area contributed by atoms with E-state index in [4.69, 9.17) is 11.6 Å². The van der Waals surface area contributed by atoms with E-state index in [1.54, 1.807) is 17.0 Å². The number of aromatic nitrogens is 2. The molecule has 0 bridgehead atoms. The molecule has 0 aliphatic carbocycles. The summed E-state index contributed by atoms with van der Waals surface area (Å²) < 4.78 is 23.2. The normalized spacial score (nSPS) is 19.7. The lowest BCUT2D eigenvalue weighted by Crippen LogP contribution is -2.41. The molecule has 2 heterocycles. The Balaban J connectivity index is 1.64.